The highest BCUT2D eigenvalue weighted by Crippen LogP contribution is 2.24. The minimum absolute atomic E-state index is 0.0389. The van der Waals surface area contributed by atoms with Crippen molar-refractivity contribution >= 4 is 23.5 Å². The van der Waals surface area contributed by atoms with Crippen LogP contribution in [0, 0.1) is 0 Å². The molecule has 1 aromatic rings. The van der Waals surface area contributed by atoms with E-state index >= 15 is 0 Å². The number of nitrogens with one attached hydrogen (secondary N) is 1. The van der Waals surface area contributed by atoms with E-state index in [1.807, 2.05) is 12.1 Å². The van der Waals surface area contributed by atoms with Crippen molar-refractivity contribution in [3.8, 4) is 5.75 Å². The monoisotopic (exact) mass is 435 g/mol. The van der Waals surface area contributed by atoms with E-state index in [-0.39, 0.29) is 18.7 Å². The quantitative estimate of drug-likeness (QED) is 0.243. The van der Waals surface area contributed by atoms with E-state index in [9.17, 15) is 14.4 Å². The summed E-state index contributed by atoms with van der Waals surface area (Å²) in [6.45, 7) is 0.293. The van der Waals surface area contributed by atoms with Crippen molar-refractivity contribution in [3.63, 3.8) is 0 Å². The van der Waals surface area contributed by atoms with Crippen LogP contribution in [0.1, 0.15) is 89.9 Å². The summed E-state index contributed by atoms with van der Waals surface area (Å²) in [6.07, 6.45) is 11.8. The fourth-order valence-electron chi connectivity index (χ4n) is 3.29. The number of carbonyl (C=O) groups excluding carboxylic acids is 1. The van der Waals surface area contributed by atoms with Crippen molar-refractivity contribution in [1.82, 2.24) is 0 Å². The first-order valence-corrected chi connectivity index (χ1v) is 11.4. The van der Waals surface area contributed by atoms with Crippen LogP contribution in [-0.4, -0.2) is 34.7 Å². The molecule has 0 aliphatic heterocycles. The Kier molecular flexibility index (Phi) is 14.6. The van der Waals surface area contributed by atoms with Crippen LogP contribution in [0.4, 0.5) is 5.69 Å². The van der Waals surface area contributed by atoms with E-state index in [0.29, 0.717) is 30.9 Å². The van der Waals surface area contributed by atoms with Gasteiger partial charge in [0, 0.05) is 19.3 Å². The van der Waals surface area contributed by atoms with Gasteiger partial charge in [-0.1, -0.05) is 63.5 Å². The van der Waals surface area contributed by atoms with E-state index in [1.165, 1.54) is 25.7 Å². The first-order chi connectivity index (χ1) is 15.0. The first kappa shape index (κ1) is 26.5. The lowest BCUT2D eigenvalue weighted by Gasteiger charge is -2.12. The standard InChI is InChI=1S/C24H37NO6/c26-22(16-9-7-5-3-1-2-4-6-8-10-17-23(27)28)25-20-14-11-12-15-21(20)31-19-13-18-24(29)30/h11-12,14-15H,1-10,13,16-19H2,(H,25,26)(H,27,28)(H,29,30). The second-order valence-corrected chi connectivity index (χ2v) is 7.82. The lowest BCUT2D eigenvalue weighted by atomic mass is 10.1. The maximum atomic E-state index is 12.2. The molecule has 0 heterocycles. The van der Waals surface area contributed by atoms with Gasteiger partial charge in [-0.3, -0.25) is 14.4 Å². The fourth-order valence-corrected chi connectivity index (χ4v) is 3.29. The number of para-hydroxylation sites is 2. The number of rotatable bonds is 19. The Balaban J connectivity index is 2.07. The van der Waals surface area contributed by atoms with Gasteiger partial charge >= 0.3 is 11.9 Å². The molecule has 1 rings (SSSR count). The van der Waals surface area contributed by atoms with Gasteiger partial charge in [-0.2, -0.15) is 0 Å². The average Bonchev–Trinajstić information content (AvgIpc) is 2.72. The maximum absolute atomic E-state index is 12.2. The van der Waals surface area contributed by atoms with Crippen LogP contribution in [0.5, 0.6) is 5.75 Å². The maximum Gasteiger partial charge on any atom is 0.303 e. The summed E-state index contributed by atoms with van der Waals surface area (Å²) in [7, 11) is 0. The Morgan fingerprint density at radius 3 is 1.74 bits per heavy atom. The van der Waals surface area contributed by atoms with Gasteiger partial charge in [0.05, 0.1) is 12.3 Å². The Bertz CT molecular complexity index is 661. The van der Waals surface area contributed by atoms with E-state index < -0.39 is 11.9 Å². The van der Waals surface area contributed by atoms with Crippen LogP contribution < -0.4 is 10.1 Å². The van der Waals surface area contributed by atoms with Gasteiger partial charge < -0.3 is 20.3 Å². The Morgan fingerprint density at radius 2 is 1.16 bits per heavy atom. The third kappa shape index (κ3) is 15.0. The van der Waals surface area contributed by atoms with Gasteiger partial charge in [0.15, 0.2) is 0 Å². The summed E-state index contributed by atoms with van der Waals surface area (Å²) in [6, 6.07) is 7.19. The highest BCUT2D eigenvalue weighted by atomic mass is 16.5. The van der Waals surface area contributed by atoms with Crippen molar-refractivity contribution in [3.05, 3.63) is 24.3 Å². The van der Waals surface area contributed by atoms with Gasteiger partial charge in [-0.05, 0) is 31.4 Å². The second-order valence-electron chi connectivity index (χ2n) is 7.82. The summed E-state index contributed by atoms with van der Waals surface area (Å²) >= 11 is 0. The zero-order chi connectivity index (χ0) is 22.7. The summed E-state index contributed by atoms with van der Waals surface area (Å²) in [5, 5.41) is 20.1. The SMILES string of the molecule is O=C(O)CCCCCCCCCCCCC(=O)Nc1ccccc1OCCCC(=O)O. The number of carboxylic acids is 2. The Labute approximate surface area is 185 Å². The number of benzene rings is 1. The van der Waals surface area contributed by atoms with Gasteiger partial charge in [0.1, 0.15) is 5.75 Å². The molecule has 174 valence electrons. The molecule has 3 N–H and O–H groups in total. The molecular formula is C24H37NO6. The van der Waals surface area contributed by atoms with Crippen LogP contribution in [0.3, 0.4) is 0 Å². The van der Waals surface area contributed by atoms with Gasteiger partial charge in [-0.15, -0.1) is 0 Å². The summed E-state index contributed by atoms with van der Waals surface area (Å²) in [5.41, 5.74) is 0.617. The van der Waals surface area contributed by atoms with Crippen LogP contribution in [0.2, 0.25) is 0 Å². The van der Waals surface area contributed by atoms with Crippen molar-refractivity contribution in [2.24, 2.45) is 0 Å². The van der Waals surface area contributed by atoms with Gasteiger partial charge in [0.25, 0.3) is 0 Å². The number of anilines is 1. The summed E-state index contributed by atoms with van der Waals surface area (Å²) in [5.74, 6) is -1.04. The molecule has 0 aliphatic rings. The number of amides is 1. The predicted octanol–water partition coefficient (Wildman–Crippen LogP) is 5.63. The van der Waals surface area contributed by atoms with Crippen LogP contribution >= 0.6 is 0 Å². The van der Waals surface area contributed by atoms with Crippen molar-refractivity contribution in [2.75, 3.05) is 11.9 Å². The number of aliphatic carboxylic acids is 2. The van der Waals surface area contributed by atoms with Gasteiger partial charge in [-0.25, -0.2) is 0 Å². The lowest BCUT2D eigenvalue weighted by molar-refractivity contribution is -0.138. The Morgan fingerprint density at radius 1 is 0.677 bits per heavy atom. The first-order valence-electron chi connectivity index (χ1n) is 11.4. The van der Waals surface area contributed by atoms with Crippen molar-refractivity contribution in [2.45, 2.75) is 89.9 Å². The molecule has 0 saturated carbocycles. The zero-order valence-electron chi connectivity index (χ0n) is 18.4. The molecule has 7 nitrogen and oxygen atoms in total. The predicted molar refractivity (Wildman–Crippen MR) is 120 cm³/mol. The van der Waals surface area contributed by atoms with E-state index in [0.717, 1.165) is 38.5 Å². The number of ether oxygens (including phenoxy) is 1. The number of hydrogen-bond acceptors (Lipinski definition) is 4. The molecule has 0 radical (unpaired) electrons. The lowest BCUT2D eigenvalue weighted by Crippen LogP contribution is -2.12. The molecule has 0 saturated heterocycles. The molecule has 1 amide bonds. The highest BCUT2D eigenvalue weighted by molar-refractivity contribution is 5.92. The molecule has 0 bridgehead atoms. The molecular weight excluding hydrogens is 398 g/mol. The van der Waals surface area contributed by atoms with E-state index in [2.05, 4.69) is 5.32 Å². The van der Waals surface area contributed by atoms with Crippen molar-refractivity contribution < 1.29 is 29.3 Å². The number of hydrogen-bond donors (Lipinski definition) is 3. The molecule has 7 heteroatoms. The molecule has 0 unspecified atom stereocenters. The molecule has 0 aliphatic carbocycles. The normalized spacial score (nSPS) is 10.6. The third-order valence-corrected chi connectivity index (χ3v) is 5.00. The Hall–Kier alpha value is -2.57. The van der Waals surface area contributed by atoms with Gasteiger partial charge in [0.2, 0.25) is 5.91 Å². The fraction of sp³-hybridized carbons (Fsp3) is 0.625. The zero-order valence-corrected chi connectivity index (χ0v) is 18.4. The average molecular weight is 436 g/mol. The molecule has 31 heavy (non-hydrogen) atoms. The minimum Gasteiger partial charge on any atom is -0.491 e. The van der Waals surface area contributed by atoms with E-state index in [1.54, 1.807) is 12.1 Å². The smallest absolute Gasteiger partial charge is 0.303 e. The third-order valence-electron chi connectivity index (χ3n) is 5.00. The largest absolute Gasteiger partial charge is 0.491 e. The van der Waals surface area contributed by atoms with Crippen LogP contribution in [0.25, 0.3) is 0 Å². The molecule has 0 spiro atoms. The summed E-state index contributed by atoms with van der Waals surface area (Å²) in [4.78, 5) is 33.2. The molecule has 0 fully saturated rings. The highest BCUT2D eigenvalue weighted by Gasteiger charge is 2.08. The molecule has 0 atom stereocenters. The summed E-state index contributed by atoms with van der Waals surface area (Å²) < 4.78 is 5.61. The minimum atomic E-state index is -0.849. The van der Waals surface area contributed by atoms with Crippen LogP contribution in [0.15, 0.2) is 24.3 Å². The van der Waals surface area contributed by atoms with Crippen molar-refractivity contribution in [1.29, 1.82) is 0 Å². The second kappa shape index (κ2) is 17.1. The van der Waals surface area contributed by atoms with E-state index in [4.69, 9.17) is 14.9 Å². The topological polar surface area (TPSA) is 113 Å². The molecule has 0 aromatic heterocycles. The number of carboxylic acid groups (broad SMARTS) is 2. The number of unbranched alkanes of at least 4 members (excludes halogenated alkanes) is 9. The number of carbonyl (C=O) groups is 3. The van der Waals surface area contributed by atoms with Crippen LogP contribution in [-0.2, 0) is 14.4 Å². The molecule has 1 aromatic carbocycles.